The summed E-state index contributed by atoms with van der Waals surface area (Å²) in [6.45, 7) is 0.113. The molecule has 0 aliphatic carbocycles. The predicted octanol–water partition coefficient (Wildman–Crippen LogP) is 1.24. The SMILES string of the molecule is C#CC(OCCO)c1cccc(C#N)c1. The Morgan fingerprint density at radius 3 is 2.93 bits per heavy atom. The second-order valence-corrected chi connectivity index (χ2v) is 2.88. The molecule has 1 unspecified atom stereocenters. The predicted molar refractivity (Wildman–Crippen MR) is 55.8 cm³/mol. The van der Waals surface area contributed by atoms with Crippen LogP contribution < -0.4 is 0 Å². The fraction of sp³-hybridized carbons (Fsp3) is 0.250. The van der Waals surface area contributed by atoms with Crippen LogP contribution in [-0.4, -0.2) is 18.3 Å². The first kappa shape index (κ1) is 11.3. The van der Waals surface area contributed by atoms with E-state index in [1.807, 2.05) is 6.07 Å². The molecule has 0 fully saturated rings. The van der Waals surface area contributed by atoms with E-state index in [0.29, 0.717) is 5.56 Å². The number of benzene rings is 1. The zero-order chi connectivity index (χ0) is 11.1. The second-order valence-electron chi connectivity index (χ2n) is 2.88. The lowest BCUT2D eigenvalue weighted by Gasteiger charge is -2.11. The number of aliphatic hydroxyl groups excluding tert-OH is 1. The molecule has 3 heteroatoms. The summed E-state index contributed by atoms with van der Waals surface area (Å²) in [6, 6.07) is 8.95. The summed E-state index contributed by atoms with van der Waals surface area (Å²) in [7, 11) is 0. The van der Waals surface area contributed by atoms with Crippen LogP contribution in [-0.2, 0) is 4.74 Å². The number of nitriles is 1. The minimum absolute atomic E-state index is 0.0733. The second kappa shape index (κ2) is 5.82. The maximum atomic E-state index is 8.71. The van der Waals surface area contributed by atoms with Gasteiger partial charge in [0.25, 0.3) is 0 Å². The third-order valence-electron chi connectivity index (χ3n) is 1.85. The van der Waals surface area contributed by atoms with Crippen LogP contribution in [0, 0.1) is 23.7 Å². The van der Waals surface area contributed by atoms with Gasteiger partial charge in [-0.3, -0.25) is 0 Å². The van der Waals surface area contributed by atoms with Gasteiger partial charge in [-0.25, -0.2) is 0 Å². The van der Waals surface area contributed by atoms with Gasteiger partial charge in [-0.05, 0) is 17.7 Å². The summed E-state index contributed by atoms with van der Waals surface area (Å²) in [4.78, 5) is 0. The molecule has 0 aromatic heterocycles. The number of hydrogen-bond donors (Lipinski definition) is 1. The Labute approximate surface area is 88.9 Å². The molecule has 0 bridgehead atoms. The zero-order valence-electron chi connectivity index (χ0n) is 8.18. The Kier molecular flexibility index (Phi) is 4.37. The highest BCUT2D eigenvalue weighted by Crippen LogP contribution is 2.17. The molecule has 1 atom stereocenters. The highest BCUT2D eigenvalue weighted by molar-refractivity contribution is 5.35. The van der Waals surface area contributed by atoms with Gasteiger partial charge in [-0.15, -0.1) is 6.42 Å². The number of nitrogens with zero attached hydrogens (tertiary/aromatic N) is 1. The number of hydrogen-bond acceptors (Lipinski definition) is 3. The van der Waals surface area contributed by atoms with E-state index < -0.39 is 6.10 Å². The fourth-order valence-corrected chi connectivity index (χ4v) is 1.18. The summed E-state index contributed by atoms with van der Waals surface area (Å²) >= 11 is 0. The van der Waals surface area contributed by atoms with E-state index in [9.17, 15) is 0 Å². The summed E-state index contributed by atoms with van der Waals surface area (Å²) < 4.78 is 5.23. The molecular formula is C12H11NO2. The van der Waals surface area contributed by atoms with Crippen molar-refractivity contribution in [1.82, 2.24) is 0 Å². The normalized spacial score (nSPS) is 11.4. The maximum absolute atomic E-state index is 8.71. The smallest absolute Gasteiger partial charge is 0.143 e. The van der Waals surface area contributed by atoms with Gasteiger partial charge in [0.1, 0.15) is 6.10 Å². The van der Waals surface area contributed by atoms with Crippen LogP contribution in [0.25, 0.3) is 0 Å². The number of rotatable bonds is 4. The minimum atomic E-state index is -0.509. The molecule has 0 saturated carbocycles. The van der Waals surface area contributed by atoms with E-state index in [1.165, 1.54) is 0 Å². The molecule has 3 nitrogen and oxygen atoms in total. The molecule has 1 N–H and O–H groups in total. The Bertz CT molecular complexity index is 401. The highest BCUT2D eigenvalue weighted by Gasteiger charge is 2.08. The van der Waals surface area contributed by atoms with Crippen molar-refractivity contribution in [2.24, 2.45) is 0 Å². The average molecular weight is 201 g/mol. The van der Waals surface area contributed by atoms with Gasteiger partial charge in [-0.2, -0.15) is 5.26 Å². The standard InChI is InChI=1S/C12H11NO2/c1-2-12(15-7-6-14)11-5-3-4-10(8-11)9-13/h1,3-5,8,12,14H,6-7H2. The molecule has 76 valence electrons. The Balaban J connectivity index is 2.84. The van der Waals surface area contributed by atoms with E-state index in [2.05, 4.69) is 5.92 Å². The number of ether oxygens (including phenoxy) is 1. The van der Waals surface area contributed by atoms with Crippen LogP contribution in [0.5, 0.6) is 0 Å². The molecule has 15 heavy (non-hydrogen) atoms. The topological polar surface area (TPSA) is 53.2 Å². The lowest BCUT2D eigenvalue weighted by molar-refractivity contribution is 0.0593. The monoisotopic (exact) mass is 201 g/mol. The van der Waals surface area contributed by atoms with Crippen LogP contribution in [0.3, 0.4) is 0 Å². The molecule has 0 aliphatic heterocycles. The third-order valence-corrected chi connectivity index (χ3v) is 1.85. The van der Waals surface area contributed by atoms with E-state index in [-0.39, 0.29) is 13.2 Å². The maximum Gasteiger partial charge on any atom is 0.143 e. The average Bonchev–Trinajstić information content (AvgIpc) is 2.30. The van der Waals surface area contributed by atoms with Gasteiger partial charge >= 0.3 is 0 Å². The van der Waals surface area contributed by atoms with Crippen LogP contribution in [0.4, 0.5) is 0 Å². The van der Waals surface area contributed by atoms with Crippen LogP contribution in [0.15, 0.2) is 24.3 Å². The van der Waals surface area contributed by atoms with Crippen molar-refractivity contribution in [3.63, 3.8) is 0 Å². The molecule has 1 aromatic rings. The van der Waals surface area contributed by atoms with E-state index >= 15 is 0 Å². The summed E-state index contributed by atoms with van der Waals surface area (Å²) in [6.07, 6.45) is 4.79. The van der Waals surface area contributed by atoms with Crippen molar-refractivity contribution >= 4 is 0 Å². The minimum Gasteiger partial charge on any atom is -0.394 e. The van der Waals surface area contributed by atoms with Crippen molar-refractivity contribution in [3.8, 4) is 18.4 Å². The Hall–Kier alpha value is -1.81. The van der Waals surface area contributed by atoms with Crippen LogP contribution in [0.1, 0.15) is 17.2 Å². The first-order valence-corrected chi connectivity index (χ1v) is 4.50. The molecule has 0 saturated heterocycles. The largest absolute Gasteiger partial charge is 0.394 e. The van der Waals surface area contributed by atoms with E-state index in [1.54, 1.807) is 24.3 Å². The Morgan fingerprint density at radius 1 is 1.53 bits per heavy atom. The lowest BCUT2D eigenvalue weighted by Crippen LogP contribution is -2.06. The van der Waals surface area contributed by atoms with Gasteiger partial charge in [-0.1, -0.05) is 18.1 Å². The molecular weight excluding hydrogens is 190 g/mol. The summed E-state index contributed by atoms with van der Waals surface area (Å²) in [5.74, 6) is 2.46. The molecule has 0 aliphatic rings. The molecule has 0 radical (unpaired) electrons. The first-order chi connectivity index (χ1) is 7.31. The Morgan fingerprint density at radius 2 is 2.33 bits per heavy atom. The van der Waals surface area contributed by atoms with Crippen molar-refractivity contribution in [2.75, 3.05) is 13.2 Å². The van der Waals surface area contributed by atoms with E-state index in [0.717, 1.165) is 5.56 Å². The van der Waals surface area contributed by atoms with Gasteiger partial charge in [0.15, 0.2) is 0 Å². The van der Waals surface area contributed by atoms with Gasteiger partial charge in [0.05, 0.1) is 24.8 Å². The van der Waals surface area contributed by atoms with Crippen molar-refractivity contribution < 1.29 is 9.84 Å². The highest BCUT2D eigenvalue weighted by atomic mass is 16.5. The van der Waals surface area contributed by atoms with Gasteiger partial charge in [0.2, 0.25) is 0 Å². The molecule has 0 spiro atoms. The quantitative estimate of drug-likeness (QED) is 0.746. The lowest BCUT2D eigenvalue weighted by atomic mass is 10.1. The summed E-state index contributed by atoms with van der Waals surface area (Å²) in [5.41, 5.74) is 1.30. The molecule has 1 aromatic carbocycles. The van der Waals surface area contributed by atoms with E-state index in [4.69, 9.17) is 21.5 Å². The number of terminal acetylenes is 1. The third kappa shape index (κ3) is 3.11. The first-order valence-electron chi connectivity index (χ1n) is 4.50. The van der Waals surface area contributed by atoms with Gasteiger partial charge in [0, 0.05) is 0 Å². The molecule has 0 amide bonds. The number of aliphatic hydroxyl groups is 1. The van der Waals surface area contributed by atoms with Crippen molar-refractivity contribution in [1.29, 1.82) is 5.26 Å². The van der Waals surface area contributed by atoms with Gasteiger partial charge < -0.3 is 9.84 Å². The van der Waals surface area contributed by atoms with Crippen LogP contribution in [0.2, 0.25) is 0 Å². The summed E-state index contributed by atoms with van der Waals surface area (Å²) in [5, 5.41) is 17.3. The zero-order valence-corrected chi connectivity index (χ0v) is 8.18. The molecule has 0 heterocycles. The molecule has 1 rings (SSSR count). The van der Waals surface area contributed by atoms with Crippen LogP contribution >= 0.6 is 0 Å². The van der Waals surface area contributed by atoms with Crippen molar-refractivity contribution in [3.05, 3.63) is 35.4 Å². The fourth-order valence-electron chi connectivity index (χ4n) is 1.18. The van der Waals surface area contributed by atoms with Crippen molar-refractivity contribution in [2.45, 2.75) is 6.10 Å².